The average Bonchev–Trinajstić information content (AvgIpc) is 2.64. The average molecular weight is 367 g/mol. The summed E-state index contributed by atoms with van der Waals surface area (Å²) >= 11 is 0. The third kappa shape index (κ3) is 4.10. The number of hydrogen-bond donors (Lipinski definition) is 1. The minimum absolute atomic E-state index is 0.200. The molecular formula is C19H24F3N3O. The van der Waals surface area contributed by atoms with Gasteiger partial charge in [0.15, 0.2) is 0 Å². The highest BCUT2D eigenvalue weighted by atomic mass is 19.4. The molecule has 142 valence electrons. The van der Waals surface area contributed by atoms with E-state index in [-0.39, 0.29) is 6.61 Å². The van der Waals surface area contributed by atoms with E-state index in [0.717, 1.165) is 62.1 Å². The number of aromatic nitrogens is 1. The summed E-state index contributed by atoms with van der Waals surface area (Å²) in [6.07, 6.45) is -0.0212. The standard InChI is InChI=1S/C19H24F3N3O/c1-24(9-2-12-26)15-6-10-25(11-7-15)18-5-8-23-17-13-14(19(20,21)22)3-4-16(17)18/h3-5,8,13,15,26H,2,6-7,9-12H2,1H3. The first-order valence-electron chi connectivity index (χ1n) is 8.92. The summed E-state index contributed by atoms with van der Waals surface area (Å²) in [7, 11) is 2.08. The van der Waals surface area contributed by atoms with Crippen molar-refractivity contribution in [3.8, 4) is 0 Å². The number of anilines is 1. The molecule has 1 N–H and O–H groups in total. The molecule has 0 atom stereocenters. The topological polar surface area (TPSA) is 39.6 Å². The number of nitrogens with zero attached hydrogens (tertiary/aromatic N) is 3. The Hall–Kier alpha value is -1.86. The number of piperidine rings is 1. The molecule has 26 heavy (non-hydrogen) atoms. The number of aliphatic hydroxyl groups is 1. The Kier molecular flexibility index (Phi) is 5.67. The number of fused-ring (bicyclic) bond motifs is 1. The van der Waals surface area contributed by atoms with Crippen LogP contribution in [0.2, 0.25) is 0 Å². The Bertz CT molecular complexity index is 742. The minimum Gasteiger partial charge on any atom is -0.396 e. The second kappa shape index (κ2) is 7.80. The van der Waals surface area contributed by atoms with Crippen LogP contribution in [0.4, 0.5) is 18.9 Å². The van der Waals surface area contributed by atoms with Crippen LogP contribution in [0.5, 0.6) is 0 Å². The van der Waals surface area contributed by atoms with Crippen LogP contribution in [-0.2, 0) is 6.18 Å². The van der Waals surface area contributed by atoms with Gasteiger partial charge in [-0.3, -0.25) is 4.98 Å². The second-order valence-electron chi connectivity index (χ2n) is 6.84. The van der Waals surface area contributed by atoms with Crippen molar-refractivity contribution < 1.29 is 18.3 Å². The highest BCUT2D eigenvalue weighted by Gasteiger charge is 2.31. The van der Waals surface area contributed by atoms with E-state index < -0.39 is 11.7 Å². The smallest absolute Gasteiger partial charge is 0.396 e. The van der Waals surface area contributed by atoms with Crippen LogP contribution < -0.4 is 4.90 Å². The van der Waals surface area contributed by atoms with Crippen molar-refractivity contribution in [3.05, 3.63) is 36.0 Å². The van der Waals surface area contributed by atoms with Crippen molar-refractivity contribution in [2.45, 2.75) is 31.5 Å². The molecule has 2 aromatic rings. The first-order valence-corrected chi connectivity index (χ1v) is 8.92. The van der Waals surface area contributed by atoms with Gasteiger partial charge in [0.05, 0.1) is 11.1 Å². The van der Waals surface area contributed by atoms with Crippen molar-refractivity contribution in [3.63, 3.8) is 0 Å². The van der Waals surface area contributed by atoms with Crippen molar-refractivity contribution in [2.24, 2.45) is 0 Å². The van der Waals surface area contributed by atoms with Crippen LogP contribution in [0.3, 0.4) is 0 Å². The number of rotatable bonds is 5. The lowest BCUT2D eigenvalue weighted by molar-refractivity contribution is -0.137. The Morgan fingerprint density at radius 1 is 1.23 bits per heavy atom. The molecule has 0 saturated carbocycles. The fourth-order valence-electron chi connectivity index (χ4n) is 3.64. The molecule has 1 aliphatic heterocycles. The number of pyridine rings is 1. The van der Waals surface area contributed by atoms with Gasteiger partial charge in [0.1, 0.15) is 0 Å². The van der Waals surface area contributed by atoms with Gasteiger partial charge in [0.2, 0.25) is 0 Å². The molecule has 1 aliphatic rings. The lowest BCUT2D eigenvalue weighted by Gasteiger charge is -2.38. The fourth-order valence-corrected chi connectivity index (χ4v) is 3.64. The molecule has 1 saturated heterocycles. The lowest BCUT2D eigenvalue weighted by atomic mass is 10.0. The normalized spacial score (nSPS) is 16.6. The zero-order valence-electron chi connectivity index (χ0n) is 14.8. The molecule has 4 nitrogen and oxygen atoms in total. The van der Waals surface area contributed by atoms with Gasteiger partial charge in [-0.05, 0) is 44.5 Å². The van der Waals surface area contributed by atoms with Crippen molar-refractivity contribution in [1.82, 2.24) is 9.88 Å². The van der Waals surface area contributed by atoms with Gasteiger partial charge in [-0.25, -0.2) is 0 Å². The quantitative estimate of drug-likeness (QED) is 0.878. The van der Waals surface area contributed by atoms with E-state index in [4.69, 9.17) is 5.11 Å². The molecule has 0 radical (unpaired) electrons. The van der Waals surface area contributed by atoms with Gasteiger partial charge < -0.3 is 14.9 Å². The third-order valence-electron chi connectivity index (χ3n) is 5.14. The van der Waals surface area contributed by atoms with E-state index in [1.165, 1.54) is 6.07 Å². The molecule has 0 amide bonds. The number of benzene rings is 1. The van der Waals surface area contributed by atoms with Crippen molar-refractivity contribution >= 4 is 16.6 Å². The molecule has 1 aromatic carbocycles. The number of aliphatic hydroxyl groups excluding tert-OH is 1. The zero-order chi connectivity index (χ0) is 18.7. The Labute approximate surface area is 151 Å². The second-order valence-corrected chi connectivity index (χ2v) is 6.84. The summed E-state index contributed by atoms with van der Waals surface area (Å²) in [6.45, 7) is 2.79. The third-order valence-corrected chi connectivity index (χ3v) is 5.14. The molecule has 7 heteroatoms. The monoisotopic (exact) mass is 367 g/mol. The molecule has 1 aromatic heterocycles. The molecular weight excluding hydrogens is 343 g/mol. The zero-order valence-corrected chi connectivity index (χ0v) is 14.8. The van der Waals surface area contributed by atoms with Crippen LogP contribution in [0.15, 0.2) is 30.5 Å². The summed E-state index contributed by atoms with van der Waals surface area (Å²) < 4.78 is 38.8. The summed E-state index contributed by atoms with van der Waals surface area (Å²) in [5.41, 5.74) is 0.651. The first kappa shape index (κ1) is 18.9. The van der Waals surface area contributed by atoms with E-state index in [9.17, 15) is 13.2 Å². The van der Waals surface area contributed by atoms with Crippen molar-refractivity contribution in [1.29, 1.82) is 0 Å². The van der Waals surface area contributed by atoms with Crippen molar-refractivity contribution in [2.75, 3.05) is 38.2 Å². The molecule has 0 spiro atoms. The molecule has 0 aliphatic carbocycles. The maximum atomic E-state index is 12.9. The van der Waals surface area contributed by atoms with Gasteiger partial charge in [0, 0.05) is 49.6 Å². The van der Waals surface area contributed by atoms with E-state index in [2.05, 4.69) is 21.8 Å². The SMILES string of the molecule is CN(CCCO)C1CCN(c2ccnc3cc(C(F)(F)F)ccc23)CC1. The molecule has 0 unspecified atom stereocenters. The molecule has 0 bridgehead atoms. The predicted molar refractivity (Wildman–Crippen MR) is 96.3 cm³/mol. The Balaban J connectivity index is 1.75. The first-order chi connectivity index (χ1) is 12.4. The lowest BCUT2D eigenvalue weighted by Crippen LogP contribution is -2.43. The maximum absolute atomic E-state index is 12.9. The van der Waals surface area contributed by atoms with Gasteiger partial charge >= 0.3 is 6.18 Å². The maximum Gasteiger partial charge on any atom is 0.416 e. The Morgan fingerprint density at radius 3 is 2.62 bits per heavy atom. The molecule has 1 fully saturated rings. The Morgan fingerprint density at radius 2 is 1.96 bits per heavy atom. The fraction of sp³-hybridized carbons (Fsp3) is 0.526. The number of halogens is 3. The van der Waals surface area contributed by atoms with Gasteiger partial charge in [-0.15, -0.1) is 0 Å². The summed E-state index contributed by atoms with van der Waals surface area (Å²) in [5.74, 6) is 0. The molecule has 3 rings (SSSR count). The van der Waals surface area contributed by atoms with Crippen LogP contribution in [0.25, 0.3) is 10.9 Å². The van der Waals surface area contributed by atoms with Crippen LogP contribution in [0.1, 0.15) is 24.8 Å². The highest BCUT2D eigenvalue weighted by molar-refractivity contribution is 5.92. The van der Waals surface area contributed by atoms with E-state index in [0.29, 0.717) is 11.6 Å². The number of alkyl halides is 3. The number of hydrogen-bond acceptors (Lipinski definition) is 4. The summed E-state index contributed by atoms with van der Waals surface area (Å²) in [4.78, 5) is 8.64. The largest absolute Gasteiger partial charge is 0.416 e. The van der Waals surface area contributed by atoms with E-state index >= 15 is 0 Å². The van der Waals surface area contributed by atoms with E-state index in [1.54, 1.807) is 6.20 Å². The summed E-state index contributed by atoms with van der Waals surface area (Å²) in [5, 5.41) is 9.72. The van der Waals surface area contributed by atoms with Gasteiger partial charge in [-0.2, -0.15) is 13.2 Å². The van der Waals surface area contributed by atoms with E-state index in [1.807, 2.05) is 6.07 Å². The van der Waals surface area contributed by atoms with Gasteiger partial charge in [0.25, 0.3) is 0 Å². The minimum atomic E-state index is -4.36. The summed E-state index contributed by atoms with van der Waals surface area (Å²) in [6, 6.07) is 6.13. The van der Waals surface area contributed by atoms with Crippen LogP contribution in [-0.4, -0.2) is 54.3 Å². The predicted octanol–water partition coefficient (Wildman–Crippen LogP) is 3.54. The molecule has 2 heterocycles. The highest BCUT2D eigenvalue weighted by Crippen LogP contribution is 2.34. The van der Waals surface area contributed by atoms with Crippen LogP contribution >= 0.6 is 0 Å². The van der Waals surface area contributed by atoms with Crippen LogP contribution in [0, 0.1) is 0 Å². The van der Waals surface area contributed by atoms with Gasteiger partial charge in [-0.1, -0.05) is 6.07 Å².